The highest BCUT2D eigenvalue weighted by Crippen LogP contribution is 2.24. The number of carbonyl (C=O) groups is 1. The summed E-state index contributed by atoms with van der Waals surface area (Å²) in [4.78, 5) is 37.9. The van der Waals surface area contributed by atoms with E-state index in [9.17, 15) is 9.59 Å². The molecule has 168 valence electrons. The number of amides is 1. The lowest BCUT2D eigenvalue weighted by molar-refractivity contribution is -0.124. The van der Waals surface area contributed by atoms with Crippen molar-refractivity contribution in [1.82, 2.24) is 24.8 Å². The fraction of sp³-hybridized carbons (Fsp3) is 0.280. The topological polar surface area (TPSA) is 105 Å². The standard InChI is InChI=1S/C25H26N6O2/c1-15-4-3-5-17(16(15)2)12-27-23-25(33)31-20(14-28-23)6-7-22(31)24(32)29-13-19-10-18-11-26-9-8-21(18)30-19/h3-5,8-11,14,22,30H,6-7,12-13H2,1-2H3,(H,27,28)(H,29,32)/t22-/m0/s1. The van der Waals surface area contributed by atoms with Crippen molar-refractivity contribution in [2.75, 3.05) is 5.32 Å². The summed E-state index contributed by atoms with van der Waals surface area (Å²) in [7, 11) is 0. The highest BCUT2D eigenvalue weighted by molar-refractivity contribution is 5.82. The molecule has 8 heteroatoms. The van der Waals surface area contributed by atoms with Gasteiger partial charge in [-0.15, -0.1) is 0 Å². The van der Waals surface area contributed by atoms with Gasteiger partial charge in [0.25, 0.3) is 5.56 Å². The van der Waals surface area contributed by atoms with Gasteiger partial charge in [-0.2, -0.15) is 0 Å². The van der Waals surface area contributed by atoms with Gasteiger partial charge in [0, 0.05) is 47.4 Å². The summed E-state index contributed by atoms with van der Waals surface area (Å²) in [5.74, 6) is 0.0989. The van der Waals surface area contributed by atoms with Crippen molar-refractivity contribution in [2.24, 2.45) is 0 Å². The average molecular weight is 443 g/mol. The van der Waals surface area contributed by atoms with Crippen LogP contribution in [0.2, 0.25) is 0 Å². The van der Waals surface area contributed by atoms with Crippen LogP contribution in [0.5, 0.6) is 0 Å². The van der Waals surface area contributed by atoms with Crippen LogP contribution in [0.1, 0.15) is 40.5 Å². The number of hydrogen-bond donors (Lipinski definition) is 3. The SMILES string of the molecule is Cc1cccc(CNc2ncc3n(c2=O)[C@H](C(=O)NCc2cc4cnccc4[nH]2)CC3)c1C. The number of benzene rings is 1. The number of rotatable bonds is 6. The molecule has 0 spiro atoms. The Hall–Kier alpha value is -3.94. The first kappa shape index (κ1) is 20.9. The molecule has 5 rings (SSSR count). The maximum atomic E-state index is 13.2. The molecule has 1 aromatic carbocycles. The van der Waals surface area contributed by atoms with Gasteiger partial charge in [-0.3, -0.25) is 19.1 Å². The minimum atomic E-state index is -0.539. The predicted molar refractivity (Wildman–Crippen MR) is 127 cm³/mol. The first-order valence-electron chi connectivity index (χ1n) is 11.1. The van der Waals surface area contributed by atoms with Crippen molar-refractivity contribution in [3.63, 3.8) is 0 Å². The number of aromatic amines is 1. The largest absolute Gasteiger partial charge is 0.361 e. The number of aromatic nitrogens is 4. The second kappa shape index (κ2) is 8.54. The number of H-pyrrole nitrogens is 1. The fourth-order valence-corrected chi connectivity index (χ4v) is 4.42. The molecule has 1 aliphatic rings. The molecule has 3 N–H and O–H groups in total. The van der Waals surface area contributed by atoms with Crippen LogP contribution in [0.4, 0.5) is 5.82 Å². The molecule has 0 fully saturated rings. The van der Waals surface area contributed by atoms with Gasteiger partial charge in [-0.1, -0.05) is 18.2 Å². The third kappa shape index (κ3) is 4.00. The lowest BCUT2D eigenvalue weighted by Crippen LogP contribution is -2.36. The molecule has 1 atom stereocenters. The van der Waals surface area contributed by atoms with Gasteiger partial charge in [0.15, 0.2) is 5.82 Å². The fourth-order valence-electron chi connectivity index (χ4n) is 4.42. The molecular weight excluding hydrogens is 416 g/mol. The third-order valence-electron chi connectivity index (χ3n) is 6.45. The molecule has 4 heterocycles. The van der Waals surface area contributed by atoms with Crippen molar-refractivity contribution in [3.8, 4) is 0 Å². The number of hydrogen-bond acceptors (Lipinski definition) is 5. The van der Waals surface area contributed by atoms with Crippen molar-refractivity contribution < 1.29 is 4.79 Å². The zero-order valence-corrected chi connectivity index (χ0v) is 18.7. The van der Waals surface area contributed by atoms with Gasteiger partial charge in [-0.25, -0.2) is 4.98 Å². The summed E-state index contributed by atoms with van der Waals surface area (Å²) in [6.07, 6.45) is 6.44. The highest BCUT2D eigenvalue weighted by Gasteiger charge is 2.30. The van der Waals surface area contributed by atoms with Crippen molar-refractivity contribution >= 4 is 22.6 Å². The van der Waals surface area contributed by atoms with Crippen LogP contribution in [-0.4, -0.2) is 25.4 Å². The summed E-state index contributed by atoms with van der Waals surface area (Å²) in [5.41, 5.74) is 5.91. The van der Waals surface area contributed by atoms with E-state index in [1.165, 1.54) is 11.1 Å². The Morgan fingerprint density at radius 3 is 2.94 bits per heavy atom. The number of pyridine rings is 1. The summed E-state index contributed by atoms with van der Waals surface area (Å²) in [5, 5.41) is 7.14. The molecule has 0 unspecified atom stereocenters. The molecule has 33 heavy (non-hydrogen) atoms. The number of fused-ring (bicyclic) bond motifs is 2. The normalized spacial score (nSPS) is 14.9. The van der Waals surface area contributed by atoms with Gasteiger partial charge in [-0.05, 0) is 55.5 Å². The predicted octanol–water partition coefficient (Wildman–Crippen LogP) is 3.15. The first-order chi connectivity index (χ1) is 16.0. The Morgan fingerprint density at radius 1 is 1.21 bits per heavy atom. The zero-order valence-electron chi connectivity index (χ0n) is 18.7. The molecule has 8 nitrogen and oxygen atoms in total. The summed E-state index contributed by atoms with van der Waals surface area (Å²) in [6, 6.07) is 9.44. The maximum absolute atomic E-state index is 13.2. The molecular formula is C25H26N6O2. The third-order valence-corrected chi connectivity index (χ3v) is 6.45. The zero-order chi connectivity index (χ0) is 22.9. The Balaban J connectivity index is 1.31. The van der Waals surface area contributed by atoms with Gasteiger partial charge in [0.05, 0.1) is 6.54 Å². The molecule has 0 bridgehead atoms. The Labute approximate surface area is 191 Å². The molecule has 4 aromatic rings. The maximum Gasteiger partial charge on any atom is 0.294 e. The van der Waals surface area contributed by atoms with E-state index in [1.54, 1.807) is 23.2 Å². The van der Waals surface area contributed by atoms with E-state index in [-0.39, 0.29) is 17.3 Å². The molecule has 0 radical (unpaired) electrons. The van der Waals surface area contributed by atoms with E-state index in [2.05, 4.69) is 45.5 Å². The monoisotopic (exact) mass is 442 g/mol. The van der Waals surface area contributed by atoms with Crippen LogP contribution in [0.25, 0.3) is 10.9 Å². The van der Waals surface area contributed by atoms with E-state index >= 15 is 0 Å². The summed E-state index contributed by atoms with van der Waals surface area (Å²) < 4.78 is 1.59. The lowest BCUT2D eigenvalue weighted by atomic mass is 10.0. The van der Waals surface area contributed by atoms with Gasteiger partial charge < -0.3 is 15.6 Å². The van der Waals surface area contributed by atoms with E-state index < -0.39 is 6.04 Å². The second-order valence-corrected chi connectivity index (χ2v) is 8.52. The first-order valence-corrected chi connectivity index (χ1v) is 11.1. The molecule has 1 aliphatic heterocycles. The van der Waals surface area contributed by atoms with Crippen molar-refractivity contribution in [3.05, 3.63) is 87.4 Å². The van der Waals surface area contributed by atoms with Gasteiger partial charge in [0.2, 0.25) is 5.91 Å². The highest BCUT2D eigenvalue weighted by atomic mass is 16.2. The average Bonchev–Trinajstić information content (AvgIpc) is 3.44. The van der Waals surface area contributed by atoms with E-state index in [0.29, 0.717) is 25.9 Å². The van der Waals surface area contributed by atoms with Crippen LogP contribution in [0.15, 0.2) is 53.7 Å². The van der Waals surface area contributed by atoms with Crippen LogP contribution < -0.4 is 16.2 Å². The Kier molecular flexibility index (Phi) is 5.42. The molecule has 0 saturated carbocycles. The quantitative estimate of drug-likeness (QED) is 0.426. The molecule has 3 aromatic heterocycles. The Morgan fingerprint density at radius 2 is 2.09 bits per heavy atom. The van der Waals surface area contributed by atoms with Crippen LogP contribution >= 0.6 is 0 Å². The number of nitrogens with one attached hydrogen (secondary N) is 3. The number of anilines is 1. The number of nitrogens with zero attached hydrogens (tertiary/aromatic N) is 3. The lowest BCUT2D eigenvalue weighted by Gasteiger charge is -2.16. The minimum absolute atomic E-state index is 0.167. The van der Waals surface area contributed by atoms with E-state index in [0.717, 1.165) is 27.9 Å². The summed E-state index contributed by atoms with van der Waals surface area (Å²) >= 11 is 0. The molecule has 1 amide bonds. The van der Waals surface area contributed by atoms with Crippen LogP contribution in [-0.2, 0) is 24.3 Å². The van der Waals surface area contributed by atoms with Crippen molar-refractivity contribution in [2.45, 2.75) is 45.8 Å². The molecule has 0 saturated heterocycles. The van der Waals surface area contributed by atoms with Crippen LogP contribution in [0, 0.1) is 13.8 Å². The van der Waals surface area contributed by atoms with Crippen molar-refractivity contribution in [1.29, 1.82) is 0 Å². The number of carbonyl (C=O) groups excluding carboxylic acids is 1. The van der Waals surface area contributed by atoms with Gasteiger partial charge in [0.1, 0.15) is 6.04 Å². The minimum Gasteiger partial charge on any atom is -0.361 e. The molecule has 0 aliphatic carbocycles. The Bertz CT molecular complexity index is 1370. The smallest absolute Gasteiger partial charge is 0.294 e. The number of aryl methyl sites for hydroxylation is 2. The van der Waals surface area contributed by atoms with Gasteiger partial charge >= 0.3 is 0 Å². The van der Waals surface area contributed by atoms with E-state index in [4.69, 9.17) is 0 Å². The van der Waals surface area contributed by atoms with Crippen LogP contribution in [0.3, 0.4) is 0 Å². The summed E-state index contributed by atoms with van der Waals surface area (Å²) in [6.45, 7) is 4.99. The van der Waals surface area contributed by atoms with E-state index in [1.807, 2.05) is 24.3 Å². The second-order valence-electron chi connectivity index (χ2n) is 8.52.